The lowest BCUT2D eigenvalue weighted by Gasteiger charge is -2.20. The number of aromatic nitrogens is 2. The van der Waals surface area contributed by atoms with Crippen LogP contribution < -0.4 is 0 Å². The van der Waals surface area contributed by atoms with E-state index in [2.05, 4.69) is 94.1 Å². The molecule has 12 rings (SSSR count). The molecule has 6 nitrogen and oxygen atoms in total. The van der Waals surface area contributed by atoms with Crippen molar-refractivity contribution in [3.8, 4) is 23.5 Å². The minimum absolute atomic E-state index is 0.177. The Morgan fingerprint density at radius 2 is 0.655 bits per heavy atom. The number of rotatable bonds is 2. The summed E-state index contributed by atoms with van der Waals surface area (Å²) in [6, 6.07) is 62.5. The maximum Gasteiger partial charge on any atom is 0.191 e. The molecule has 0 atom stereocenters. The third-order valence-electron chi connectivity index (χ3n) is 11.6. The smallest absolute Gasteiger partial charge is 0.191 e. The van der Waals surface area contributed by atoms with Gasteiger partial charge in [0, 0.05) is 32.3 Å². The lowest BCUT2D eigenvalue weighted by atomic mass is 9.98. The largest absolute Gasteiger partial charge is 0.451 e. The van der Waals surface area contributed by atoms with Crippen molar-refractivity contribution >= 4 is 98.3 Å². The van der Waals surface area contributed by atoms with Crippen molar-refractivity contribution in [2.24, 2.45) is 0 Å². The van der Waals surface area contributed by atoms with Gasteiger partial charge in [-0.2, -0.15) is 10.5 Å². The molecule has 0 amide bonds. The van der Waals surface area contributed by atoms with E-state index in [1.807, 2.05) is 97.1 Å². The fraction of sp³-hybridized carbons (Fsp3) is 0. The lowest BCUT2D eigenvalue weighted by molar-refractivity contribution is 0.616. The molecule has 268 valence electrons. The molecule has 0 aliphatic carbocycles. The van der Waals surface area contributed by atoms with Crippen LogP contribution in [-0.2, 0) is 0 Å². The standard InChI is InChI=1S/C52H28N4O2/c53-29-39-49(55-41-21-9-5-17-35(41)36-18-6-10-22-42(36)55)50(56-43-23-11-7-19-37(43)38-20-8-12-24-44(38)56)40(30-54)52-51(39)57-45-27-25-31-13-1-3-15-33(31)47(45)48-34-16-4-2-14-32(34)26-28-46(48)58-52/h1-28H. The van der Waals surface area contributed by atoms with E-state index in [0.717, 1.165) is 75.9 Å². The highest BCUT2D eigenvalue weighted by Gasteiger charge is 2.30. The van der Waals surface area contributed by atoms with Crippen molar-refractivity contribution in [3.63, 3.8) is 0 Å². The van der Waals surface area contributed by atoms with Crippen molar-refractivity contribution in [2.75, 3.05) is 0 Å². The predicted octanol–water partition coefficient (Wildman–Crippen LogP) is 13.7. The van der Waals surface area contributed by atoms with Gasteiger partial charge in [-0.05, 0) is 57.9 Å². The van der Waals surface area contributed by atoms with Crippen molar-refractivity contribution in [1.82, 2.24) is 9.13 Å². The van der Waals surface area contributed by atoms with E-state index in [-0.39, 0.29) is 22.3 Å². The number of nitrogens with zero attached hydrogens (tertiary/aromatic N) is 4. The summed E-state index contributed by atoms with van der Waals surface area (Å²) in [7, 11) is 0. The molecule has 0 radical (unpaired) electrons. The second kappa shape index (κ2) is 12.1. The summed E-state index contributed by atoms with van der Waals surface area (Å²) in [5, 5.41) is 33.1. The highest BCUT2D eigenvalue weighted by atomic mass is 16.4. The van der Waals surface area contributed by atoms with Crippen LogP contribution >= 0.6 is 0 Å². The first-order valence-corrected chi connectivity index (χ1v) is 19.1. The van der Waals surface area contributed by atoms with Crippen molar-refractivity contribution in [3.05, 3.63) is 181 Å². The summed E-state index contributed by atoms with van der Waals surface area (Å²) in [5.41, 5.74) is 6.54. The maximum atomic E-state index is 11.7. The molecule has 0 N–H and O–H groups in total. The van der Waals surface area contributed by atoms with Crippen LogP contribution in [0.2, 0.25) is 0 Å². The number of nitriles is 2. The highest BCUT2D eigenvalue weighted by molar-refractivity contribution is 6.25. The van der Waals surface area contributed by atoms with Gasteiger partial charge in [-0.1, -0.05) is 133 Å². The van der Waals surface area contributed by atoms with Crippen LogP contribution in [0.5, 0.6) is 0 Å². The van der Waals surface area contributed by atoms with Gasteiger partial charge in [-0.15, -0.1) is 0 Å². The van der Waals surface area contributed by atoms with Gasteiger partial charge in [0.25, 0.3) is 0 Å². The number of fused-ring (bicyclic) bond motifs is 14. The van der Waals surface area contributed by atoms with Gasteiger partial charge >= 0.3 is 0 Å². The van der Waals surface area contributed by atoms with E-state index in [1.165, 1.54) is 0 Å². The molecule has 9 aromatic carbocycles. The molecule has 0 aliphatic heterocycles. The highest BCUT2D eigenvalue weighted by Crippen LogP contribution is 2.45. The van der Waals surface area contributed by atoms with Gasteiger partial charge < -0.3 is 18.0 Å². The van der Waals surface area contributed by atoms with Crippen LogP contribution in [0.4, 0.5) is 0 Å². The molecule has 3 heterocycles. The maximum absolute atomic E-state index is 11.7. The van der Waals surface area contributed by atoms with E-state index < -0.39 is 0 Å². The zero-order valence-electron chi connectivity index (χ0n) is 30.8. The molecule has 0 aliphatic rings. The van der Waals surface area contributed by atoms with E-state index in [9.17, 15) is 10.5 Å². The Morgan fingerprint density at radius 3 is 1.00 bits per heavy atom. The monoisotopic (exact) mass is 740 g/mol. The summed E-state index contributed by atoms with van der Waals surface area (Å²) < 4.78 is 18.5. The van der Waals surface area contributed by atoms with Gasteiger partial charge in [0.1, 0.15) is 34.4 Å². The van der Waals surface area contributed by atoms with E-state index >= 15 is 0 Å². The minimum Gasteiger partial charge on any atom is -0.451 e. The number of para-hydroxylation sites is 4. The van der Waals surface area contributed by atoms with Crippen molar-refractivity contribution in [2.45, 2.75) is 0 Å². The fourth-order valence-electron chi connectivity index (χ4n) is 9.25. The molecule has 0 saturated heterocycles. The van der Waals surface area contributed by atoms with Gasteiger partial charge in [-0.25, -0.2) is 0 Å². The summed E-state index contributed by atoms with van der Waals surface area (Å²) in [6.07, 6.45) is 0. The summed E-state index contributed by atoms with van der Waals surface area (Å²) in [4.78, 5) is 0. The summed E-state index contributed by atoms with van der Waals surface area (Å²) in [5.74, 6) is 0. The van der Waals surface area contributed by atoms with Gasteiger partial charge in [-0.3, -0.25) is 0 Å². The molecule has 3 aromatic heterocycles. The topological polar surface area (TPSA) is 83.7 Å². The molecule has 0 spiro atoms. The van der Waals surface area contributed by atoms with Gasteiger partial charge in [0.2, 0.25) is 0 Å². The quantitative estimate of drug-likeness (QED) is 0.177. The Labute approximate surface area is 330 Å². The Morgan fingerprint density at radius 1 is 0.345 bits per heavy atom. The summed E-state index contributed by atoms with van der Waals surface area (Å²) >= 11 is 0. The molecule has 0 unspecified atom stereocenters. The van der Waals surface area contributed by atoms with Gasteiger partial charge in [0.05, 0.1) is 33.4 Å². The first-order valence-electron chi connectivity index (χ1n) is 19.1. The molecule has 0 bridgehead atoms. The van der Waals surface area contributed by atoms with E-state index in [1.54, 1.807) is 0 Å². The molecular formula is C52H28N4O2. The fourth-order valence-corrected chi connectivity index (χ4v) is 9.25. The molecule has 12 aromatic rings. The lowest BCUT2D eigenvalue weighted by Crippen LogP contribution is -2.09. The normalized spacial score (nSPS) is 11.8. The van der Waals surface area contributed by atoms with Gasteiger partial charge in [0.15, 0.2) is 11.2 Å². The summed E-state index contributed by atoms with van der Waals surface area (Å²) in [6.45, 7) is 0. The molecule has 58 heavy (non-hydrogen) atoms. The number of benzene rings is 9. The molecule has 0 saturated carbocycles. The SMILES string of the molecule is N#Cc1c(-n2c3ccccc3c3ccccc32)c(-n2c3ccccc3c3ccccc32)c(C#N)c2oc3ccc4ccccc4c3c3c(ccc4ccccc43)oc12. The van der Waals surface area contributed by atoms with Crippen molar-refractivity contribution in [1.29, 1.82) is 10.5 Å². The minimum atomic E-state index is 0.177. The Kier molecular flexibility index (Phi) is 6.66. The van der Waals surface area contributed by atoms with Crippen LogP contribution in [0, 0.1) is 22.7 Å². The van der Waals surface area contributed by atoms with Crippen LogP contribution in [0.3, 0.4) is 0 Å². The van der Waals surface area contributed by atoms with Crippen LogP contribution in [0.25, 0.3) is 110 Å². The Bertz CT molecular complexity index is 3540. The van der Waals surface area contributed by atoms with E-state index in [0.29, 0.717) is 22.5 Å². The second-order valence-electron chi connectivity index (χ2n) is 14.6. The first-order chi connectivity index (χ1) is 28.7. The zero-order valence-corrected chi connectivity index (χ0v) is 30.8. The predicted molar refractivity (Wildman–Crippen MR) is 234 cm³/mol. The van der Waals surface area contributed by atoms with Crippen molar-refractivity contribution < 1.29 is 8.83 Å². The molecular weight excluding hydrogens is 713 g/mol. The average molecular weight is 741 g/mol. The van der Waals surface area contributed by atoms with Crippen LogP contribution in [0.1, 0.15) is 11.1 Å². The third kappa shape index (κ3) is 4.29. The number of hydrogen-bond acceptors (Lipinski definition) is 4. The van der Waals surface area contributed by atoms with E-state index in [4.69, 9.17) is 8.83 Å². The second-order valence-corrected chi connectivity index (χ2v) is 14.6. The third-order valence-corrected chi connectivity index (χ3v) is 11.6. The molecule has 0 fully saturated rings. The Hall–Kier alpha value is -8.32. The van der Waals surface area contributed by atoms with Crippen LogP contribution in [-0.4, -0.2) is 9.13 Å². The number of hydrogen-bond donors (Lipinski definition) is 0. The average Bonchev–Trinajstić information content (AvgIpc) is 3.78. The Balaban J connectivity index is 1.42. The zero-order chi connectivity index (χ0) is 38.5. The molecule has 6 heteroatoms. The van der Waals surface area contributed by atoms with Crippen LogP contribution in [0.15, 0.2) is 179 Å². The first kappa shape index (κ1) is 32.0.